The van der Waals surface area contributed by atoms with Crippen LogP contribution in [0.3, 0.4) is 0 Å². The van der Waals surface area contributed by atoms with Gasteiger partial charge in [-0.2, -0.15) is 0 Å². The molecule has 0 amide bonds. The molecular formula is C11H14BrFN2O. The highest BCUT2D eigenvalue weighted by Crippen LogP contribution is 2.33. The van der Waals surface area contributed by atoms with Gasteiger partial charge in [0.2, 0.25) is 0 Å². The van der Waals surface area contributed by atoms with Crippen LogP contribution < -0.4 is 5.32 Å². The molecule has 0 radical (unpaired) electrons. The van der Waals surface area contributed by atoms with Crippen LogP contribution in [0.25, 0.3) is 0 Å². The zero-order valence-electron chi connectivity index (χ0n) is 8.84. The molecule has 1 heterocycles. The number of hydrogen-bond acceptors (Lipinski definition) is 3. The first-order chi connectivity index (χ1) is 7.65. The van der Waals surface area contributed by atoms with E-state index in [1.807, 2.05) is 0 Å². The third kappa shape index (κ3) is 2.35. The second-order valence-corrected chi connectivity index (χ2v) is 5.17. The van der Waals surface area contributed by atoms with E-state index in [9.17, 15) is 9.50 Å². The molecule has 3 nitrogen and oxygen atoms in total. The molecule has 0 spiro atoms. The van der Waals surface area contributed by atoms with E-state index in [0.717, 1.165) is 25.7 Å². The van der Waals surface area contributed by atoms with Crippen LogP contribution in [0, 0.1) is 5.82 Å². The number of aliphatic hydroxyl groups excluding tert-OH is 1. The molecule has 2 rings (SSSR count). The highest BCUT2D eigenvalue weighted by atomic mass is 79.9. The first kappa shape index (κ1) is 11.8. The van der Waals surface area contributed by atoms with E-state index in [1.54, 1.807) is 6.20 Å². The van der Waals surface area contributed by atoms with Gasteiger partial charge in [-0.1, -0.05) is 12.8 Å². The average Bonchev–Trinajstić information content (AvgIpc) is 2.72. The number of pyridine rings is 1. The zero-order chi connectivity index (χ0) is 11.6. The lowest BCUT2D eigenvalue weighted by Gasteiger charge is -2.28. The van der Waals surface area contributed by atoms with E-state index < -0.39 is 5.82 Å². The Morgan fingerprint density at radius 1 is 1.50 bits per heavy atom. The third-order valence-corrected chi connectivity index (χ3v) is 3.49. The molecular weight excluding hydrogens is 275 g/mol. The van der Waals surface area contributed by atoms with Crippen molar-refractivity contribution in [1.29, 1.82) is 0 Å². The number of hydrogen-bond donors (Lipinski definition) is 2. The molecule has 16 heavy (non-hydrogen) atoms. The first-order valence-corrected chi connectivity index (χ1v) is 6.15. The third-order valence-electron chi connectivity index (χ3n) is 3.05. The molecule has 2 N–H and O–H groups in total. The molecule has 1 saturated carbocycles. The van der Waals surface area contributed by atoms with Crippen molar-refractivity contribution in [2.45, 2.75) is 31.2 Å². The van der Waals surface area contributed by atoms with E-state index in [4.69, 9.17) is 0 Å². The van der Waals surface area contributed by atoms with Crippen LogP contribution in [0.1, 0.15) is 25.7 Å². The Kier molecular flexibility index (Phi) is 3.44. The molecule has 1 aliphatic rings. The Labute approximate surface area is 102 Å². The SMILES string of the molecule is OCC1(Nc2ncc(Br)cc2F)CCCC1. The Bertz CT molecular complexity index is 380. The lowest BCUT2D eigenvalue weighted by atomic mass is 9.99. The fourth-order valence-electron chi connectivity index (χ4n) is 2.13. The molecule has 1 aromatic rings. The summed E-state index contributed by atoms with van der Waals surface area (Å²) in [6.45, 7) is 0.0180. The lowest BCUT2D eigenvalue weighted by molar-refractivity contribution is 0.213. The quantitative estimate of drug-likeness (QED) is 0.899. The molecule has 5 heteroatoms. The van der Waals surface area contributed by atoms with E-state index in [0.29, 0.717) is 4.47 Å². The van der Waals surface area contributed by atoms with E-state index in [1.165, 1.54) is 6.07 Å². The van der Waals surface area contributed by atoms with Gasteiger partial charge in [-0.15, -0.1) is 0 Å². The van der Waals surface area contributed by atoms with Gasteiger partial charge in [0.15, 0.2) is 11.6 Å². The Hall–Kier alpha value is -0.680. The molecule has 1 aromatic heterocycles. The van der Waals surface area contributed by atoms with Gasteiger partial charge in [-0.25, -0.2) is 9.37 Å². The molecule has 0 aliphatic heterocycles. The second kappa shape index (κ2) is 4.67. The van der Waals surface area contributed by atoms with Crippen molar-refractivity contribution in [2.75, 3.05) is 11.9 Å². The predicted octanol–water partition coefficient (Wildman–Crippen LogP) is 2.70. The molecule has 1 aliphatic carbocycles. The van der Waals surface area contributed by atoms with Crippen LogP contribution in [0.2, 0.25) is 0 Å². The zero-order valence-corrected chi connectivity index (χ0v) is 10.4. The highest BCUT2D eigenvalue weighted by Gasteiger charge is 2.33. The highest BCUT2D eigenvalue weighted by molar-refractivity contribution is 9.10. The summed E-state index contributed by atoms with van der Waals surface area (Å²) in [5.41, 5.74) is -0.387. The van der Waals surface area contributed by atoms with Gasteiger partial charge in [0.05, 0.1) is 12.1 Å². The molecule has 0 aromatic carbocycles. The summed E-state index contributed by atoms with van der Waals surface area (Å²) in [5.74, 6) is -0.173. The minimum Gasteiger partial charge on any atom is -0.394 e. The van der Waals surface area contributed by atoms with Gasteiger partial charge in [0.25, 0.3) is 0 Å². The summed E-state index contributed by atoms with van der Waals surface area (Å²) in [4.78, 5) is 3.99. The van der Waals surface area contributed by atoms with Crippen molar-refractivity contribution in [1.82, 2.24) is 4.98 Å². The fraction of sp³-hybridized carbons (Fsp3) is 0.545. The smallest absolute Gasteiger partial charge is 0.166 e. The molecule has 0 unspecified atom stereocenters. The van der Waals surface area contributed by atoms with Crippen molar-refractivity contribution >= 4 is 21.7 Å². The number of anilines is 1. The number of halogens is 2. The van der Waals surface area contributed by atoms with Gasteiger partial charge in [0, 0.05) is 10.7 Å². The van der Waals surface area contributed by atoms with Gasteiger partial charge in [-0.05, 0) is 34.8 Å². The topological polar surface area (TPSA) is 45.1 Å². The lowest BCUT2D eigenvalue weighted by Crippen LogP contribution is -2.39. The maximum atomic E-state index is 13.6. The molecule has 1 fully saturated rings. The van der Waals surface area contributed by atoms with Crippen LogP contribution in [0.5, 0.6) is 0 Å². The number of rotatable bonds is 3. The Balaban J connectivity index is 2.19. The number of nitrogens with one attached hydrogen (secondary N) is 1. The molecule has 0 bridgehead atoms. The molecule has 0 saturated heterocycles. The normalized spacial score (nSPS) is 18.7. The summed E-state index contributed by atoms with van der Waals surface area (Å²) in [5, 5.41) is 12.4. The van der Waals surface area contributed by atoms with Crippen LogP contribution in [-0.4, -0.2) is 22.2 Å². The summed E-state index contributed by atoms with van der Waals surface area (Å²) < 4.78 is 14.2. The van der Waals surface area contributed by atoms with Crippen molar-refractivity contribution in [3.63, 3.8) is 0 Å². The van der Waals surface area contributed by atoms with Gasteiger partial charge >= 0.3 is 0 Å². The molecule has 88 valence electrons. The summed E-state index contributed by atoms with van der Waals surface area (Å²) in [6.07, 6.45) is 5.39. The fourth-order valence-corrected chi connectivity index (χ4v) is 2.44. The van der Waals surface area contributed by atoms with E-state index in [-0.39, 0.29) is 18.0 Å². The van der Waals surface area contributed by atoms with Gasteiger partial charge in [-0.3, -0.25) is 0 Å². The van der Waals surface area contributed by atoms with Gasteiger partial charge < -0.3 is 10.4 Å². The standard InChI is InChI=1S/C11H14BrFN2O/c12-8-5-9(13)10(14-6-8)15-11(7-16)3-1-2-4-11/h5-6,16H,1-4,7H2,(H,14,15). The minimum absolute atomic E-state index is 0.0180. The number of aromatic nitrogens is 1. The van der Waals surface area contributed by atoms with Crippen LogP contribution in [0.15, 0.2) is 16.7 Å². The Morgan fingerprint density at radius 2 is 2.19 bits per heavy atom. The largest absolute Gasteiger partial charge is 0.394 e. The maximum absolute atomic E-state index is 13.6. The van der Waals surface area contributed by atoms with Crippen molar-refractivity contribution in [3.05, 3.63) is 22.6 Å². The van der Waals surface area contributed by atoms with E-state index in [2.05, 4.69) is 26.2 Å². The predicted molar refractivity (Wildman–Crippen MR) is 63.8 cm³/mol. The summed E-state index contributed by atoms with van der Waals surface area (Å²) in [7, 11) is 0. The summed E-state index contributed by atoms with van der Waals surface area (Å²) >= 11 is 3.16. The monoisotopic (exact) mass is 288 g/mol. The first-order valence-electron chi connectivity index (χ1n) is 5.35. The van der Waals surface area contributed by atoms with Crippen molar-refractivity contribution in [2.24, 2.45) is 0 Å². The summed E-state index contributed by atoms with van der Waals surface area (Å²) in [6, 6.07) is 1.37. The van der Waals surface area contributed by atoms with Crippen LogP contribution in [-0.2, 0) is 0 Å². The number of nitrogens with zero attached hydrogens (tertiary/aromatic N) is 1. The molecule has 0 atom stereocenters. The maximum Gasteiger partial charge on any atom is 0.166 e. The van der Waals surface area contributed by atoms with Gasteiger partial charge in [0.1, 0.15) is 0 Å². The average molecular weight is 289 g/mol. The second-order valence-electron chi connectivity index (χ2n) is 4.25. The van der Waals surface area contributed by atoms with E-state index >= 15 is 0 Å². The van der Waals surface area contributed by atoms with Crippen molar-refractivity contribution in [3.8, 4) is 0 Å². The minimum atomic E-state index is -0.394. The number of aliphatic hydroxyl groups is 1. The van der Waals surface area contributed by atoms with Crippen molar-refractivity contribution < 1.29 is 9.50 Å². The Morgan fingerprint density at radius 3 is 2.75 bits per heavy atom. The van der Waals surface area contributed by atoms with Crippen LogP contribution >= 0.6 is 15.9 Å². The van der Waals surface area contributed by atoms with Crippen LogP contribution in [0.4, 0.5) is 10.2 Å².